The van der Waals surface area contributed by atoms with Crippen molar-refractivity contribution in [2.75, 3.05) is 6.54 Å². The molecule has 4 heteroatoms. The molecule has 1 N–H and O–H groups in total. The number of carbonyl (C=O) groups excluding carboxylic acids is 1. The maximum absolute atomic E-state index is 12.5. The molecule has 3 unspecified atom stereocenters. The number of ether oxygens (including phenoxy) is 1. The van der Waals surface area contributed by atoms with Crippen LogP contribution in [0.3, 0.4) is 0 Å². The van der Waals surface area contributed by atoms with Crippen molar-refractivity contribution in [3.05, 3.63) is 0 Å². The van der Waals surface area contributed by atoms with Crippen molar-refractivity contribution >= 4 is 6.09 Å². The Morgan fingerprint density at radius 3 is 2.40 bits per heavy atom. The zero-order valence-electron chi connectivity index (χ0n) is 13.3. The molecule has 1 amide bonds. The molecule has 2 fully saturated rings. The van der Waals surface area contributed by atoms with Gasteiger partial charge in [0.05, 0.1) is 6.10 Å². The van der Waals surface area contributed by atoms with Gasteiger partial charge in [0.25, 0.3) is 0 Å². The van der Waals surface area contributed by atoms with Gasteiger partial charge in [0, 0.05) is 18.5 Å². The highest BCUT2D eigenvalue weighted by Crippen LogP contribution is 2.40. The predicted molar refractivity (Wildman–Crippen MR) is 78.5 cm³/mol. The maximum atomic E-state index is 12.5. The summed E-state index contributed by atoms with van der Waals surface area (Å²) in [6, 6.07) is 0.314. The van der Waals surface area contributed by atoms with Crippen LogP contribution in [0.1, 0.15) is 59.8 Å². The van der Waals surface area contributed by atoms with Crippen LogP contribution < -0.4 is 0 Å². The quantitative estimate of drug-likeness (QED) is 0.846. The van der Waals surface area contributed by atoms with Crippen molar-refractivity contribution in [1.29, 1.82) is 0 Å². The highest BCUT2D eigenvalue weighted by atomic mass is 16.6. The van der Waals surface area contributed by atoms with Crippen LogP contribution in [0.5, 0.6) is 0 Å². The number of nitrogens with zero attached hydrogens (tertiary/aromatic N) is 1. The van der Waals surface area contributed by atoms with E-state index in [1.807, 2.05) is 32.6 Å². The van der Waals surface area contributed by atoms with Gasteiger partial charge in [-0.05, 0) is 59.3 Å². The smallest absolute Gasteiger partial charge is 0.410 e. The highest BCUT2D eigenvalue weighted by Gasteiger charge is 2.41. The fraction of sp³-hybridized carbons (Fsp3) is 0.938. The minimum atomic E-state index is -0.461. The maximum Gasteiger partial charge on any atom is 0.410 e. The Morgan fingerprint density at radius 2 is 1.90 bits per heavy atom. The summed E-state index contributed by atoms with van der Waals surface area (Å²) in [5, 5.41) is 9.90. The van der Waals surface area contributed by atoms with Crippen LogP contribution in [0.15, 0.2) is 0 Å². The minimum Gasteiger partial charge on any atom is -0.444 e. The van der Waals surface area contributed by atoms with Crippen molar-refractivity contribution in [3.63, 3.8) is 0 Å². The van der Waals surface area contributed by atoms with E-state index in [4.69, 9.17) is 4.74 Å². The fourth-order valence-electron chi connectivity index (χ4n) is 3.12. The number of hydrogen-bond acceptors (Lipinski definition) is 3. The fourth-order valence-corrected chi connectivity index (χ4v) is 3.12. The lowest BCUT2D eigenvalue weighted by Gasteiger charge is -2.34. The third kappa shape index (κ3) is 4.11. The molecule has 1 aliphatic carbocycles. The molecule has 0 bridgehead atoms. The Hall–Kier alpha value is -0.770. The van der Waals surface area contributed by atoms with E-state index in [0.29, 0.717) is 18.5 Å². The summed E-state index contributed by atoms with van der Waals surface area (Å²) < 4.78 is 5.57. The summed E-state index contributed by atoms with van der Waals surface area (Å²) >= 11 is 0. The van der Waals surface area contributed by atoms with Gasteiger partial charge >= 0.3 is 6.09 Å². The largest absolute Gasteiger partial charge is 0.444 e. The van der Waals surface area contributed by atoms with Crippen LogP contribution in [0.25, 0.3) is 0 Å². The summed E-state index contributed by atoms with van der Waals surface area (Å²) in [7, 11) is 0. The first-order chi connectivity index (χ1) is 9.28. The van der Waals surface area contributed by atoms with Crippen molar-refractivity contribution in [2.45, 2.75) is 77.5 Å². The summed E-state index contributed by atoms with van der Waals surface area (Å²) in [5.74, 6) is 0.821. The predicted octanol–water partition coefficient (Wildman–Crippen LogP) is 3.18. The molecule has 1 heterocycles. The van der Waals surface area contributed by atoms with Gasteiger partial charge < -0.3 is 14.7 Å². The Bertz CT molecular complexity index is 344. The van der Waals surface area contributed by atoms with E-state index in [1.165, 1.54) is 12.8 Å². The van der Waals surface area contributed by atoms with Gasteiger partial charge in [-0.1, -0.05) is 6.42 Å². The number of aliphatic hydroxyl groups excluding tert-OH is 1. The van der Waals surface area contributed by atoms with Gasteiger partial charge in [-0.3, -0.25) is 0 Å². The highest BCUT2D eigenvalue weighted by molar-refractivity contribution is 5.68. The van der Waals surface area contributed by atoms with Crippen LogP contribution >= 0.6 is 0 Å². The van der Waals surface area contributed by atoms with E-state index in [0.717, 1.165) is 19.3 Å². The Balaban J connectivity index is 2.10. The second-order valence-corrected chi connectivity index (χ2v) is 7.47. The lowest BCUT2D eigenvalue weighted by atomic mass is 9.98. The lowest BCUT2D eigenvalue weighted by Crippen LogP contribution is -2.46. The van der Waals surface area contributed by atoms with Crippen LogP contribution in [0, 0.1) is 11.8 Å². The molecule has 2 rings (SSSR count). The van der Waals surface area contributed by atoms with Crippen molar-refractivity contribution in [2.24, 2.45) is 11.8 Å². The topological polar surface area (TPSA) is 49.8 Å². The lowest BCUT2D eigenvalue weighted by molar-refractivity contribution is 0.00600. The van der Waals surface area contributed by atoms with Gasteiger partial charge in [0.2, 0.25) is 0 Å². The summed E-state index contributed by atoms with van der Waals surface area (Å²) in [6.07, 6.45) is 5.02. The first-order valence-corrected chi connectivity index (χ1v) is 7.95. The Morgan fingerprint density at radius 1 is 1.25 bits per heavy atom. The minimum absolute atomic E-state index is 0.172. The molecular formula is C16H29NO3. The van der Waals surface area contributed by atoms with Gasteiger partial charge in [-0.25, -0.2) is 4.79 Å². The molecule has 0 radical (unpaired) electrons. The van der Waals surface area contributed by atoms with Crippen molar-refractivity contribution in [3.8, 4) is 0 Å². The average Bonchev–Trinajstić information content (AvgIpc) is 3.12. The van der Waals surface area contributed by atoms with Crippen LogP contribution in [0.4, 0.5) is 4.79 Å². The molecule has 0 aromatic carbocycles. The number of carbonyl (C=O) groups is 1. The summed E-state index contributed by atoms with van der Waals surface area (Å²) in [4.78, 5) is 14.4. The Labute approximate surface area is 122 Å². The Kier molecular flexibility index (Phi) is 4.62. The second kappa shape index (κ2) is 5.92. The van der Waals surface area contributed by atoms with Crippen LogP contribution in [0.2, 0.25) is 0 Å². The molecule has 4 nitrogen and oxygen atoms in total. The zero-order valence-corrected chi connectivity index (χ0v) is 13.3. The van der Waals surface area contributed by atoms with E-state index in [-0.39, 0.29) is 18.1 Å². The molecule has 1 saturated heterocycles. The second-order valence-electron chi connectivity index (χ2n) is 7.47. The van der Waals surface area contributed by atoms with Crippen LogP contribution in [-0.4, -0.2) is 40.4 Å². The summed E-state index contributed by atoms with van der Waals surface area (Å²) in [5.41, 5.74) is -0.461. The van der Waals surface area contributed by atoms with Gasteiger partial charge in [0.15, 0.2) is 0 Å². The molecule has 0 aromatic rings. The average molecular weight is 283 g/mol. The molecule has 1 aliphatic heterocycles. The van der Waals surface area contributed by atoms with E-state index in [9.17, 15) is 9.90 Å². The third-order valence-corrected chi connectivity index (χ3v) is 4.38. The molecule has 3 atom stereocenters. The standard InChI is InChI=1S/C16H29NO3/c1-11(18)13-6-5-7-14(12-8-9-12)17(10-13)15(19)20-16(2,3)4/h11-14,18H,5-10H2,1-4H3. The van der Waals surface area contributed by atoms with E-state index >= 15 is 0 Å². The van der Waals surface area contributed by atoms with Crippen molar-refractivity contribution < 1.29 is 14.6 Å². The van der Waals surface area contributed by atoms with Crippen molar-refractivity contribution in [1.82, 2.24) is 4.90 Å². The molecule has 116 valence electrons. The first-order valence-electron chi connectivity index (χ1n) is 7.95. The normalized spacial score (nSPS) is 29.8. The number of aliphatic hydroxyl groups is 1. The zero-order chi connectivity index (χ0) is 14.9. The van der Waals surface area contributed by atoms with E-state index in [2.05, 4.69) is 0 Å². The number of hydrogen-bond donors (Lipinski definition) is 1. The number of rotatable bonds is 2. The van der Waals surface area contributed by atoms with Crippen LogP contribution in [-0.2, 0) is 4.74 Å². The van der Waals surface area contributed by atoms with Gasteiger partial charge in [-0.2, -0.15) is 0 Å². The molecule has 0 aromatic heterocycles. The molecule has 1 saturated carbocycles. The number of likely N-dealkylation sites (tertiary alicyclic amines) is 1. The van der Waals surface area contributed by atoms with Gasteiger partial charge in [0.1, 0.15) is 5.60 Å². The third-order valence-electron chi connectivity index (χ3n) is 4.38. The summed E-state index contributed by atoms with van der Waals surface area (Å²) in [6.45, 7) is 8.17. The molecule has 20 heavy (non-hydrogen) atoms. The number of amides is 1. The van der Waals surface area contributed by atoms with E-state index < -0.39 is 5.60 Å². The molecular weight excluding hydrogens is 254 g/mol. The SMILES string of the molecule is CC(O)C1CCCC(C2CC2)N(C(=O)OC(C)(C)C)C1. The molecule has 0 spiro atoms. The molecule has 2 aliphatic rings. The van der Waals surface area contributed by atoms with Gasteiger partial charge in [-0.15, -0.1) is 0 Å². The monoisotopic (exact) mass is 283 g/mol. The first kappa shape index (κ1) is 15.6. The van der Waals surface area contributed by atoms with E-state index in [1.54, 1.807) is 0 Å².